The van der Waals surface area contributed by atoms with Crippen molar-refractivity contribution in [2.75, 3.05) is 26.8 Å². The first-order valence-electron chi connectivity index (χ1n) is 6.11. The van der Waals surface area contributed by atoms with Gasteiger partial charge in [-0.3, -0.25) is 9.59 Å². The molecule has 0 spiro atoms. The predicted octanol–water partition coefficient (Wildman–Crippen LogP) is 1.49. The summed E-state index contributed by atoms with van der Waals surface area (Å²) in [6.45, 7) is 0.601. The maximum atomic E-state index is 12.1. The second kappa shape index (κ2) is 9.30. The highest BCUT2D eigenvalue weighted by Crippen LogP contribution is 2.24. The van der Waals surface area contributed by atoms with Crippen LogP contribution in [0.1, 0.15) is 10.4 Å². The number of carbonyl (C=O) groups excluding carboxylic acids is 2. The minimum absolute atomic E-state index is 0.157. The molecule has 0 atom stereocenters. The first-order chi connectivity index (χ1) is 10.0. The highest BCUT2D eigenvalue weighted by atomic mass is 32.2. The lowest BCUT2D eigenvalue weighted by Crippen LogP contribution is -2.38. The molecule has 0 fully saturated rings. The van der Waals surface area contributed by atoms with Gasteiger partial charge in [0.25, 0.3) is 11.7 Å². The van der Waals surface area contributed by atoms with E-state index in [1.807, 2.05) is 0 Å². The van der Waals surface area contributed by atoms with Crippen molar-refractivity contribution in [1.29, 1.82) is 0 Å². The van der Waals surface area contributed by atoms with Crippen molar-refractivity contribution in [1.82, 2.24) is 10.6 Å². The zero-order valence-corrected chi connectivity index (χ0v) is 12.2. The molecule has 21 heavy (non-hydrogen) atoms. The van der Waals surface area contributed by atoms with E-state index < -0.39 is 11.7 Å². The van der Waals surface area contributed by atoms with E-state index in [0.29, 0.717) is 35.4 Å². The van der Waals surface area contributed by atoms with Gasteiger partial charge in [-0.25, -0.2) is 0 Å². The summed E-state index contributed by atoms with van der Waals surface area (Å²) >= 11 is 0.407. The monoisotopic (exact) mass is 318 g/mol. The summed E-state index contributed by atoms with van der Waals surface area (Å²) in [4.78, 5) is 23.5. The van der Waals surface area contributed by atoms with Crippen LogP contribution in [0.5, 0.6) is 0 Å². The van der Waals surface area contributed by atoms with Crippen molar-refractivity contribution in [2.24, 2.45) is 0 Å². The molecule has 8 heteroatoms. The molecule has 0 aromatic heterocycles. The maximum absolute atomic E-state index is 12.1. The highest BCUT2D eigenvalue weighted by Gasteiger charge is 2.09. The van der Waals surface area contributed by atoms with Gasteiger partial charge in [-0.2, -0.15) is 8.78 Å². The number of methoxy groups -OCH3 is 1. The average molecular weight is 318 g/mol. The second-order valence-corrected chi connectivity index (χ2v) is 4.99. The fourth-order valence-corrected chi connectivity index (χ4v) is 1.90. The molecule has 0 aliphatic rings. The number of thioether (sulfide) groups is 1. The third kappa shape index (κ3) is 7.05. The molecule has 116 valence electrons. The van der Waals surface area contributed by atoms with Crippen LogP contribution in [0.15, 0.2) is 29.2 Å². The van der Waals surface area contributed by atoms with E-state index in [9.17, 15) is 18.4 Å². The Bertz CT molecular complexity index is 469. The van der Waals surface area contributed by atoms with Crippen LogP contribution in [-0.4, -0.2) is 44.4 Å². The Morgan fingerprint density at radius 1 is 1.24 bits per heavy atom. The van der Waals surface area contributed by atoms with Gasteiger partial charge in [-0.1, -0.05) is 11.8 Å². The third-order valence-electron chi connectivity index (χ3n) is 2.38. The van der Waals surface area contributed by atoms with Gasteiger partial charge in [0.05, 0.1) is 13.2 Å². The van der Waals surface area contributed by atoms with Gasteiger partial charge in [0.1, 0.15) is 0 Å². The molecule has 0 saturated carbocycles. The Kier molecular flexibility index (Phi) is 7.70. The molecule has 1 aromatic rings. The van der Waals surface area contributed by atoms with Crippen LogP contribution in [0.3, 0.4) is 0 Å². The average Bonchev–Trinajstić information content (AvgIpc) is 2.45. The van der Waals surface area contributed by atoms with Crippen molar-refractivity contribution in [3.8, 4) is 0 Å². The fraction of sp³-hybridized carbons (Fsp3) is 0.385. The topological polar surface area (TPSA) is 67.4 Å². The highest BCUT2D eigenvalue weighted by molar-refractivity contribution is 7.99. The number of ether oxygens (including phenoxy) is 1. The van der Waals surface area contributed by atoms with Gasteiger partial charge >= 0.3 is 0 Å². The summed E-state index contributed by atoms with van der Waals surface area (Å²) in [6, 6.07) is 5.74. The lowest BCUT2D eigenvalue weighted by atomic mass is 10.2. The number of benzene rings is 1. The molecular formula is C13H16F2N2O3S. The summed E-state index contributed by atoms with van der Waals surface area (Å²) in [5.74, 6) is -3.27. The summed E-state index contributed by atoms with van der Waals surface area (Å²) in [5.41, 5.74) is 0.304. The predicted molar refractivity (Wildman–Crippen MR) is 75.5 cm³/mol. The van der Waals surface area contributed by atoms with E-state index in [-0.39, 0.29) is 12.5 Å². The lowest BCUT2D eigenvalue weighted by molar-refractivity contribution is -0.120. The molecule has 0 aliphatic heterocycles. The van der Waals surface area contributed by atoms with Crippen LogP contribution >= 0.6 is 11.8 Å². The zero-order valence-electron chi connectivity index (χ0n) is 11.4. The zero-order chi connectivity index (χ0) is 15.7. The van der Waals surface area contributed by atoms with Crippen molar-refractivity contribution in [3.63, 3.8) is 0 Å². The Morgan fingerprint density at radius 2 is 1.90 bits per heavy atom. The van der Waals surface area contributed by atoms with E-state index >= 15 is 0 Å². The van der Waals surface area contributed by atoms with Gasteiger partial charge in [0.2, 0.25) is 5.91 Å². The molecule has 5 nitrogen and oxygen atoms in total. The fourth-order valence-electron chi connectivity index (χ4n) is 1.41. The van der Waals surface area contributed by atoms with Crippen LogP contribution in [0, 0.1) is 0 Å². The van der Waals surface area contributed by atoms with Crippen molar-refractivity contribution >= 4 is 23.6 Å². The van der Waals surface area contributed by atoms with Crippen molar-refractivity contribution < 1.29 is 23.1 Å². The molecule has 2 amide bonds. The number of amides is 2. The summed E-state index contributed by atoms with van der Waals surface area (Å²) in [6.07, 6.45) is 0. The first-order valence-corrected chi connectivity index (χ1v) is 6.99. The number of hydrogen-bond donors (Lipinski definition) is 2. The van der Waals surface area contributed by atoms with E-state index in [0.717, 1.165) is 0 Å². The van der Waals surface area contributed by atoms with Gasteiger partial charge in [0, 0.05) is 24.1 Å². The molecular weight excluding hydrogens is 302 g/mol. The number of carbonyl (C=O) groups is 2. The van der Waals surface area contributed by atoms with Gasteiger partial charge in [0.15, 0.2) is 0 Å². The standard InChI is InChI=1S/C13H16F2N2O3S/c1-20-7-6-16-11(18)8-17-12(19)9-2-4-10(5-3-9)21-13(14)15/h2-5,13H,6-8H2,1H3,(H,16,18)(H,17,19). The SMILES string of the molecule is COCCNC(=O)CNC(=O)c1ccc(SC(F)F)cc1. The Hall–Kier alpha value is -1.67. The van der Waals surface area contributed by atoms with Gasteiger partial charge in [-0.05, 0) is 24.3 Å². The largest absolute Gasteiger partial charge is 0.383 e. The minimum Gasteiger partial charge on any atom is -0.383 e. The molecule has 1 aromatic carbocycles. The molecule has 0 radical (unpaired) electrons. The molecule has 2 N–H and O–H groups in total. The number of alkyl halides is 2. The first kappa shape index (κ1) is 17.4. The number of nitrogens with one attached hydrogen (secondary N) is 2. The molecule has 0 aliphatic carbocycles. The van der Waals surface area contributed by atoms with Gasteiger partial charge < -0.3 is 15.4 Å². The molecule has 0 heterocycles. The second-order valence-electron chi connectivity index (χ2n) is 3.93. The van der Waals surface area contributed by atoms with E-state index in [1.165, 1.54) is 31.4 Å². The number of halogens is 2. The summed E-state index contributed by atoms with van der Waals surface area (Å²) < 4.78 is 29.1. The van der Waals surface area contributed by atoms with Gasteiger partial charge in [-0.15, -0.1) is 0 Å². The smallest absolute Gasteiger partial charge is 0.288 e. The molecule has 0 saturated heterocycles. The number of rotatable bonds is 8. The van der Waals surface area contributed by atoms with E-state index in [4.69, 9.17) is 4.74 Å². The Morgan fingerprint density at radius 3 is 2.48 bits per heavy atom. The van der Waals surface area contributed by atoms with Crippen LogP contribution in [-0.2, 0) is 9.53 Å². The number of hydrogen-bond acceptors (Lipinski definition) is 4. The molecule has 0 bridgehead atoms. The van der Waals surface area contributed by atoms with Crippen molar-refractivity contribution in [3.05, 3.63) is 29.8 Å². The quantitative estimate of drug-likeness (QED) is 0.563. The maximum Gasteiger partial charge on any atom is 0.288 e. The molecule has 0 unspecified atom stereocenters. The Balaban J connectivity index is 2.39. The lowest BCUT2D eigenvalue weighted by Gasteiger charge is -2.07. The summed E-state index contributed by atoms with van der Waals surface area (Å²) in [7, 11) is 1.52. The Labute approximate surface area is 125 Å². The van der Waals surface area contributed by atoms with Crippen molar-refractivity contribution in [2.45, 2.75) is 10.7 Å². The third-order valence-corrected chi connectivity index (χ3v) is 3.10. The molecule has 1 rings (SSSR count). The van der Waals surface area contributed by atoms with E-state index in [1.54, 1.807) is 0 Å². The summed E-state index contributed by atoms with van der Waals surface area (Å²) in [5, 5.41) is 4.99. The van der Waals surface area contributed by atoms with Crippen LogP contribution in [0.2, 0.25) is 0 Å². The van der Waals surface area contributed by atoms with E-state index in [2.05, 4.69) is 10.6 Å². The van der Waals surface area contributed by atoms with Crippen LogP contribution in [0.4, 0.5) is 8.78 Å². The van der Waals surface area contributed by atoms with Crippen LogP contribution < -0.4 is 10.6 Å². The normalized spacial score (nSPS) is 10.5. The van der Waals surface area contributed by atoms with Crippen LogP contribution in [0.25, 0.3) is 0 Å². The minimum atomic E-state index is -2.50.